The van der Waals surface area contributed by atoms with E-state index in [1.807, 2.05) is 6.92 Å². The first-order valence-electron chi connectivity index (χ1n) is 4.75. The Bertz CT molecular complexity index is 316. The largest absolute Gasteiger partial charge is 0.378 e. The van der Waals surface area contributed by atoms with Crippen molar-refractivity contribution in [2.24, 2.45) is 0 Å². The van der Waals surface area contributed by atoms with Gasteiger partial charge < -0.3 is 4.74 Å². The summed E-state index contributed by atoms with van der Waals surface area (Å²) in [4.78, 5) is 0. The lowest BCUT2D eigenvalue weighted by Crippen LogP contribution is -1.97. The highest BCUT2D eigenvalue weighted by Gasteiger charge is 2.27. The van der Waals surface area contributed by atoms with Crippen LogP contribution in [0, 0.1) is 0 Å². The molecular weight excluding hydrogens is 220 g/mol. The minimum Gasteiger partial charge on any atom is -0.378 e. The molecule has 2 heterocycles. The molecule has 0 N–H and O–H groups in total. The van der Waals surface area contributed by atoms with Crippen molar-refractivity contribution in [1.82, 2.24) is 10.2 Å². The fourth-order valence-corrected chi connectivity index (χ4v) is 2.61. The highest BCUT2D eigenvalue weighted by Crippen LogP contribution is 2.33. The van der Waals surface area contributed by atoms with Crippen LogP contribution in [0.3, 0.4) is 0 Å². The van der Waals surface area contributed by atoms with E-state index in [1.54, 1.807) is 11.3 Å². The summed E-state index contributed by atoms with van der Waals surface area (Å²) in [7, 11) is 0. The van der Waals surface area contributed by atoms with Crippen LogP contribution in [0.2, 0.25) is 0 Å². The SMILES string of the molecule is CC1CC(c2nnc(C(C)Cl)s2)CO1. The van der Waals surface area contributed by atoms with E-state index in [0.717, 1.165) is 23.0 Å². The van der Waals surface area contributed by atoms with Gasteiger partial charge >= 0.3 is 0 Å². The summed E-state index contributed by atoms with van der Waals surface area (Å²) in [6, 6.07) is 0. The van der Waals surface area contributed by atoms with E-state index in [-0.39, 0.29) is 5.38 Å². The van der Waals surface area contributed by atoms with Crippen molar-refractivity contribution < 1.29 is 4.74 Å². The van der Waals surface area contributed by atoms with Crippen molar-refractivity contribution in [1.29, 1.82) is 0 Å². The average molecular weight is 233 g/mol. The van der Waals surface area contributed by atoms with Gasteiger partial charge in [0, 0.05) is 5.92 Å². The molecule has 0 saturated carbocycles. The van der Waals surface area contributed by atoms with Crippen LogP contribution in [0.25, 0.3) is 0 Å². The third-order valence-electron chi connectivity index (χ3n) is 2.34. The molecule has 0 spiro atoms. The normalized spacial score (nSPS) is 29.4. The quantitative estimate of drug-likeness (QED) is 0.736. The average Bonchev–Trinajstić information content (AvgIpc) is 2.70. The van der Waals surface area contributed by atoms with Gasteiger partial charge in [-0.3, -0.25) is 0 Å². The number of ether oxygens (including phenoxy) is 1. The molecule has 3 nitrogen and oxygen atoms in total. The Morgan fingerprint density at radius 1 is 1.57 bits per heavy atom. The summed E-state index contributed by atoms with van der Waals surface area (Å²) >= 11 is 7.53. The Balaban J connectivity index is 2.09. The van der Waals surface area contributed by atoms with Crippen LogP contribution in [0.15, 0.2) is 0 Å². The summed E-state index contributed by atoms with van der Waals surface area (Å²) in [6.07, 6.45) is 1.39. The van der Waals surface area contributed by atoms with Gasteiger partial charge in [-0.15, -0.1) is 21.8 Å². The van der Waals surface area contributed by atoms with Gasteiger partial charge in [-0.1, -0.05) is 11.3 Å². The van der Waals surface area contributed by atoms with Gasteiger partial charge in [0.25, 0.3) is 0 Å². The predicted octanol–water partition coefficient (Wildman–Crippen LogP) is 2.73. The minimum absolute atomic E-state index is 0.0407. The van der Waals surface area contributed by atoms with Crippen molar-refractivity contribution in [3.8, 4) is 0 Å². The maximum atomic E-state index is 5.93. The lowest BCUT2D eigenvalue weighted by molar-refractivity contribution is 0.123. The zero-order valence-corrected chi connectivity index (χ0v) is 9.81. The maximum absolute atomic E-state index is 5.93. The molecule has 1 fully saturated rings. The molecule has 1 aliphatic rings. The molecule has 1 aliphatic heterocycles. The van der Waals surface area contributed by atoms with Crippen molar-refractivity contribution in [2.45, 2.75) is 37.7 Å². The van der Waals surface area contributed by atoms with E-state index in [9.17, 15) is 0 Å². The van der Waals surface area contributed by atoms with Gasteiger partial charge in [0.1, 0.15) is 10.0 Å². The molecule has 3 unspecified atom stereocenters. The predicted molar refractivity (Wildman–Crippen MR) is 56.9 cm³/mol. The van der Waals surface area contributed by atoms with Crippen LogP contribution in [0.5, 0.6) is 0 Å². The lowest BCUT2D eigenvalue weighted by atomic mass is 10.1. The summed E-state index contributed by atoms with van der Waals surface area (Å²) in [5.41, 5.74) is 0. The Kier molecular flexibility index (Phi) is 3.04. The Labute approximate surface area is 92.4 Å². The van der Waals surface area contributed by atoms with E-state index < -0.39 is 0 Å². The second kappa shape index (κ2) is 4.13. The topological polar surface area (TPSA) is 35.0 Å². The van der Waals surface area contributed by atoms with Gasteiger partial charge in [0.15, 0.2) is 0 Å². The monoisotopic (exact) mass is 232 g/mol. The number of hydrogen-bond donors (Lipinski definition) is 0. The van der Waals surface area contributed by atoms with Crippen LogP contribution >= 0.6 is 22.9 Å². The number of aromatic nitrogens is 2. The Morgan fingerprint density at radius 3 is 2.86 bits per heavy atom. The molecular formula is C9H13ClN2OS. The smallest absolute Gasteiger partial charge is 0.135 e. The zero-order chi connectivity index (χ0) is 10.1. The molecule has 0 aromatic carbocycles. The number of hydrogen-bond acceptors (Lipinski definition) is 4. The van der Waals surface area contributed by atoms with Crippen LogP contribution in [-0.4, -0.2) is 22.9 Å². The molecule has 0 radical (unpaired) electrons. The molecule has 0 bridgehead atoms. The van der Waals surface area contributed by atoms with E-state index in [2.05, 4.69) is 17.1 Å². The first-order chi connectivity index (χ1) is 6.66. The van der Waals surface area contributed by atoms with E-state index in [4.69, 9.17) is 16.3 Å². The Morgan fingerprint density at radius 2 is 2.36 bits per heavy atom. The van der Waals surface area contributed by atoms with E-state index in [1.165, 1.54) is 0 Å². The van der Waals surface area contributed by atoms with Crippen molar-refractivity contribution >= 4 is 22.9 Å². The molecule has 5 heteroatoms. The standard InChI is InChI=1S/C9H13ClN2OS/c1-5-3-7(4-13-5)9-12-11-8(14-9)6(2)10/h5-7H,3-4H2,1-2H3. The fraction of sp³-hybridized carbons (Fsp3) is 0.778. The van der Waals surface area contributed by atoms with Gasteiger partial charge in [-0.25, -0.2) is 0 Å². The lowest BCUT2D eigenvalue weighted by Gasteiger charge is -1.99. The second-order valence-electron chi connectivity index (χ2n) is 3.67. The fourth-order valence-electron chi connectivity index (χ4n) is 1.56. The molecule has 0 aliphatic carbocycles. The van der Waals surface area contributed by atoms with Crippen molar-refractivity contribution in [3.05, 3.63) is 10.0 Å². The zero-order valence-electron chi connectivity index (χ0n) is 8.24. The molecule has 3 atom stereocenters. The van der Waals surface area contributed by atoms with Gasteiger partial charge in [0.05, 0.1) is 18.1 Å². The number of rotatable bonds is 2. The Hall–Kier alpha value is -0.190. The highest BCUT2D eigenvalue weighted by atomic mass is 35.5. The molecule has 14 heavy (non-hydrogen) atoms. The maximum Gasteiger partial charge on any atom is 0.135 e. The van der Waals surface area contributed by atoms with Crippen LogP contribution in [0.4, 0.5) is 0 Å². The summed E-state index contributed by atoms with van der Waals surface area (Å²) < 4.78 is 5.50. The van der Waals surface area contributed by atoms with Crippen molar-refractivity contribution in [2.75, 3.05) is 6.61 Å². The number of halogens is 1. The van der Waals surface area contributed by atoms with Gasteiger partial charge in [-0.2, -0.15) is 0 Å². The van der Waals surface area contributed by atoms with Crippen LogP contribution < -0.4 is 0 Å². The molecule has 0 amide bonds. The summed E-state index contributed by atoms with van der Waals surface area (Å²) in [5, 5.41) is 10.2. The first-order valence-corrected chi connectivity index (χ1v) is 6.01. The highest BCUT2D eigenvalue weighted by molar-refractivity contribution is 7.11. The first kappa shape index (κ1) is 10.3. The second-order valence-corrected chi connectivity index (χ2v) is 5.37. The van der Waals surface area contributed by atoms with Crippen LogP contribution in [-0.2, 0) is 4.74 Å². The third-order valence-corrected chi connectivity index (χ3v) is 3.95. The van der Waals surface area contributed by atoms with Gasteiger partial charge in [0.2, 0.25) is 0 Å². The summed E-state index contributed by atoms with van der Waals surface area (Å²) in [6.45, 7) is 4.78. The van der Waals surface area contributed by atoms with Crippen molar-refractivity contribution in [3.63, 3.8) is 0 Å². The number of nitrogens with zero attached hydrogens (tertiary/aromatic N) is 2. The molecule has 1 aromatic rings. The van der Waals surface area contributed by atoms with Gasteiger partial charge in [-0.05, 0) is 20.3 Å². The summed E-state index contributed by atoms with van der Waals surface area (Å²) in [5.74, 6) is 0.423. The number of alkyl halides is 1. The molecule has 78 valence electrons. The van der Waals surface area contributed by atoms with E-state index >= 15 is 0 Å². The minimum atomic E-state index is -0.0407. The van der Waals surface area contributed by atoms with Crippen LogP contribution in [0.1, 0.15) is 41.6 Å². The molecule has 2 rings (SSSR count). The van der Waals surface area contributed by atoms with E-state index in [0.29, 0.717) is 12.0 Å². The molecule has 1 aromatic heterocycles. The third kappa shape index (κ3) is 2.07. The molecule has 1 saturated heterocycles.